The first-order chi connectivity index (χ1) is 6.11. The lowest BCUT2D eigenvalue weighted by Gasteiger charge is -2.03. The van der Waals surface area contributed by atoms with E-state index in [4.69, 9.17) is 4.74 Å². The van der Waals surface area contributed by atoms with Crippen LogP contribution in [0.1, 0.15) is 0 Å². The van der Waals surface area contributed by atoms with Crippen LogP contribution in [0.3, 0.4) is 0 Å². The van der Waals surface area contributed by atoms with Gasteiger partial charge in [-0.05, 0) is 18.2 Å². The first kappa shape index (κ1) is 10.5. The van der Waals surface area contributed by atoms with Gasteiger partial charge in [-0.25, -0.2) is 4.79 Å². The van der Waals surface area contributed by atoms with Crippen molar-refractivity contribution in [2.24, 2.45) is 0 Å². The topological polar surface area (TPSA) is 38.3 Å². The maximum absolute atomic E-state index is 10.8. The van der Waals surface area contributed by atoms with Crippen molar-refractivity contribution in [2.75, 3.05) is 7.05 Å². The molecule has 0 saturated heterocycles. The smallest absolute Gasteiger partial charge is 0.410 e. The summed E-state index contributed by atoms with van der Waals surface area (Å²) in [5.74, 6) is 0.487. The van der Waals surface area contributed by atoms with E-state index < -0.39 is 6.09 Å². The summed E-state index contributed by atoms with van der Waals surface area (Å²) in [6, 6.07) is 5.27. The lowest BCUT2D eigenvalue weighted by Crippen LogP contribution is -2.21. The molecule has 1 aromatic rings. The highest BCUT2D eigenvalue weighted by atomic mass is 79.9. The van der Waals surface area contributed by atoms with Gasteiger partial charge in [0.1, 0.15) is 5.75 Å². The highest BCUT2D eigenvalue weighted by molar-refractivity contribution is 9.11. The molecule has 0 spiro atoms. The Morgan fingerprint density at radius 1 is 1.31 bits per heavy atom. The number of nitrogens with one attached hydrogen (secondary N) is 1. The van der Waals surface area contributed by atoms with Gasteiger partial charge in [0.05, 0.1) is 0 Å². The second-order valence-electron chi connectivity index (χ2n) is 2.24. The number of benzene rings is 1. The van der Waals surface area contributed by atoms with Gasteiger partial charge in [-0.3, -0.25) is 0 Å². The zero-order valence-corrected chi connectivity index (χ0v) is 9.98. The number of rotatable bonds is 1. The average Bonchev–Trinajstić information content (AvgIpc) is 2.02. The molecule has 0 saturated carbocycles. The molecule has 1 N–H and O–H groups in total. The summed E-state index contributed by atoms with van der Waals surface area (Å²) in [6.45, 7) is 0. The van der Waals surface area contributed by atoms with E-state index in [1.54, 1.807) is 12.1 Å². The molecular weight excluding hydrogens is 302 g/mol. The lowest BCUT2D eigenvalue weighted by molar-refractivity contribution is 0.203. The van der Waals surface area contributed by atoms with Crippen LogP contribution in [-0.4, -0.2) is 13.1 Å². The number of hydrogen-bond acceptors (Lipinski definition) is 2. The maximum Gasteiger partial charge on any atom is 0.412 e. The minimum Gasteiger partial charge on any atom is -0.410 e. The van der Waals surface area contributed by atoms with Crippen LogP contribution in [0, 0.1) is 0 Å². The number of ether oxygens (including phenoxy) is 1. The molecule has 0 heterocycles. The van der Waals surface area contributed by atoms with Gasteiger partial charge in [0.15, 0.2) is 0 Å². The highest BCUT2D eigenvalue weighted by Gasteiger charge is 2.02. The maximum atomic E-state index is 10.8. The molecule has 0 aliphatic heterocycles. The van der Waals surface area contributed by atoms with Crippen molar-refractivity contribution in [3.05, 3.63) is 27.1 Å². The Bertz CT molecular complexity index is 308. The van der Waals surface area contributed by atoms with E-state index in [-0.39, 0.29) is 0 Å². The second kappa shape index (κ2) is 4.62. The molecule has 1 amide bonds. The fourth-order valence-corrected chi connectivity index (χ4v) is 2.00. The van der Waals surface area contributed by atoms with Crippen LogP contribution in [0.2, 0.25) is 0 Å². The summed E-state index contributed by atoms with van der Waals surface area (Å²) >= 11 is 6.57. The van der Waals surface area contributed by atoms with E-state index in [2.05, 4.69) is 37.2 Å². The van der Waals surface area contributed by atoms with Gasteiger partial charge in [-0.1, -0.05) is 31.9 Å². The molecule has 0 bridgehead atoms. The molecule has 5 heteroatoms. The Labute approximate surface area is 92.7 Å². The Kier molecular flexibility index (Phi) is 3.74. The Balaban J connectivity index is 2.83. The third-order valence-corrected chi connectivity index (χ3v) is 2.17. The fourth-order valence-electron chi connectivity index (χ4n) is 0.746. The third kappa shape index (κ3) is 3.36. The highest BCUT2D eigenvalue weighted by Crippen LogP contribution is 2.24. The molecular formula is C8H7Br2NO2. The molecule has 0 aromatic heterocycles. The van der Waals surface area contributed by atoms with Gasteiger partial charge in [0.2, 0.25) is 0 Å². The summed E-state index contributed by atoms with van der Waals surface area (Å²) in [5.41, 5.74) is 0. The van der Waals surface area contributed by atoms with Gasteiger partial charge in [-0.15, -0.1) is 0 Å². The van der Waals surface area contributed by atoms with Crippen molar-refractivity contribution in [3.8, 4) is 5.75 Å². The average molecular weight is 309 g/mol. The number of halogens is 2. The first-order valence-electron chi connectivity index (χ1n) is 3.47. The molecule has 70 valence electrons. The van der Waals surface area contributed by atoms with Gasteiger partial charge in [0.25, 0.3) is 0 Å². The van der Waals surface area contributed by atoms with Crippen molar-refractivity contribution in [1.29, 1.82) is 0 Å². The van der Waals surface area contributed by atoms with Crippen molar-refractivity contribution in [2.45, 2.75) is 0 Å². The molecule has 0 fully saturated rings. The normalized spacial score (nSPS) is 9.46. The van der Waals surface area contributed by atoms with E-state index >= 15 is 0 Å². The summed E-state index contributed by atoms with van der Waals surface area (Å²) in [7, 11) is 1.51. The van der Waals surface area contributed by atoms with Crippen molar-refractivity contribution >= 4 is 38.0 Å². The zero-order chi connectivity index (χ0) is 9.84. The van der Waals surface area contributed by atoms with Crippen molar-refractivity contribution < 1.29 is 9.53 Å². The first-order valence-corrected chi connectivity index (χ1v) is 5.06. The Morgan fingerprint density at radius 3 is 2.31 bits per heavy atom. The van der Waals surface area contributed by atoms with Crippen molar-refractivity contribution in [1.82, 2.24) is 5.32 Å². The molecule has 0 aliphatic carbocycles. The van der Waals surface area contributed by atoms with Crippen LogP contribution >= 0.6 is 31.9 Å². The van der Waals surface area contributed by atoms with Crippen LogP contribution in [0.5, 0.6) is 5.75 Å². The van der Waals surface area contributed by atoms with Gasteiger partial charge >= 0.3 is 6.09 Å². The van der Waals surface area contributed by atoms with Gasteiger partial charge in [0, 0.05) is 16.0 Å². The third-order valence-electron chi connectivity index (χ3n) is 1.25. The number of hydrogen-bond donors (Lipinski definition) is 1. The minimum atomic E-state index is -0.481. The van der Waals surface area contributed by atoms with Crippen LogP contribution in [-0.2, 0) is 0 Å². The van der Waals surface area contributed by atoms with E-state index in [0.717, 1.165) is 8.95 Å². The largest absolute Gasteiger partial charge is 0.412 e. The van der Waals surface area contributed by atoms with E-state index in [1.807, 2.05) is 6.07 Å². The molecule has 1 rings (SSSR count). The molecule has 0 radical (unpaired) electrons. The van der Waals surface area contributed by atoms with Crippen molar-refractivity contribution in [3.63, 3.8) is 0 Å². The van der Waals surface area contributed by atoms with Crippen LogP contribution in [0.25, 0.3) is 0 Å². The molecule has 0 unspecified atom stereocenters. The minimum absolute atomic E-state index is 0.481. The van der Waals surface area contributed by atoms with E-state index in [1.165, 1.54) is 7.05 Å². The van der Waals surface area contributed by atoms with Gasteiger partial charge in [-0.2, -0.15) is 0 Å². The van der Waals surface area contributed by atoms with Crippen LogP contribution in [0.15, 0.2) is 27.1 Å². The molecule has 13 heavy (non-hydrogen) atoms. The van der Waals surface area contributed by atoms with E-state index in [9.17, 15) is 4.79 Å². The second-order valence-corrected chi connectivity index (χ2v) is 4.08. The monoisotopic (exact) mass is 307 g/mol. The SMILES string of the molecule is CNC(=O)Oc1cc(Br)cc(Br)c1. The summed E-state index contributed by atoms with van der Waals surface area (Å²) in [6.07, 6.45) is -0.481. The molecule has 1 aromatic carbocycles. The summed E-state index contributed by atoms with van der Waals surface area (Å²) in [4.78, 5) is 10.8. The number of carbonyl (C=O) groups is 1. The Morgan fingerprint density at radius 2 is 1.85 bits per heavy atom. The van der Waals surface area contributed by atoms with Crippen LogP contribution < -0.4 is 10.1 Å². The Hall–Kier alpha value is -0.550. The summed E-state index contributed by atoms with van der Waals surface area (Å²) < 4.78 is 6.61. The predicted octanol–water partition coefficient (Wildman–Crippen LogP) is 2.93. The number of amides is 1. The van der Waals surface area contributed by atoms with Gasteiger partial charge < -0.3 is 10.1 Å². The molecule has 0 atom stereocenters. The standard InChI is InChI=1S/C8H7Br2NO2/c1-11-8(12)13-7-3-5(9)2-6(10)4-7/h2-4H,1H3,(H,11,12). The lowest BCUT2D eigenvalue weighted by atomic mass is 10.3. The van der Waals surface area contributed by atoms with E-state index in [0.29, 0.717) is 5.75 Å². The molecule has 0 aliphatic rings. The molecule has 3 nitrogen and oxygen atoms in total. The zero-order valence-electron chi connectivity index (χ0n) is 6.80. The predicted molar refractivity (Wildman–Crippen MR) is 56.9 cm³/mol. The number of carbonyl (C=O) groups excluding carboxylic acids is 1. The van der Waals surface area contributed by atoms with Crippen LogP contribution in [0.4, 0.5) is 4.79 Å². The summed E-state index contributed by atoms with van der Waals surface area (Å²) in [5, 5.41) is 2.36. The fraction of sp³-hybridized carbons (Fsp3) is 0.125. The quantitative estimate of drug-likeness (QED) is 0.866.